The SMILES string of the molecule is COc1cccc(-c2ncc(CC#Cc3ccccc3)c3[nH]c(C(=O)O)cc23)c1. The number of H-pyrrole nitrogens is 1. The number of aromatic amines is 1. The number of carbonyl (C=O) groups is 1. The molecular weight excluding hydrogens is 364 g/mol. The number of pyridine rings is 1. The molecule has 0 spiro atoms. The number of carboxylic acids is 1. The summed E-state index contributed by atoms with van der Waals surface area (Å²) in [5.41, 5.74) is 4.19. The predicted octanol–water partition coefficient (Wildman–Crippen LogP) is 4.53. The van der Waals surface area contributed by atoms with E-state index in [2.05, 4.69) is 21.8 Å². The first kappa shape index (κ1) is 18.3. The van der Waals surface area contributed by atoms with Crippen molar-refractivity contribution in [2.75, 3.05) is 7.11 Å². The number of nitrogens with one attached hydrogen (secondary N) is 1. The third kappa shape index (κ3) is 3.83. The maximum Gasteiger partial charge on any atom is 0.352 e. The van der Waals surface area contributed by atoms with Crippen LogP contribution in [0, 0.1) is 11.8 Å². The van der Waals surface area contributed by atoms with Crippen molar-refractivity contribution in [3.63, 3.8) is 0 Å². The van der Waals surface area contributed by atoms with Gasteiger partial charge in [0.1, 0.15) is 11.4 Å². The Kier molecular flexibility index (Phi) is 5.00. The lowest BCUT2D eigenvalue weighted by Gasteiger charge is -2.07. The molecular formula is C24H18N2O3. The van der Waals surface area contributed by atoms with Crippen molar-refractivity contribution in [1.29, 1.82) is 0 Å². The summed E-state index contributed by atoms with van der Waals surface area (Å²) in [6, 6.07) is 18.9. The fraction of sp³-hybridized carbons (Fsp3) is 0.0833. The number of aromatic nitrogens is 2. The molecule has 142 valence electrons. The standard InChI is InChI=1S/C24H18N2O3/c1-29-19-12-6-10-17(13-19)22-20-14-21(24(27)28)26-23(20)18(15-25-22)11-5-9-16-7-3-2-4-8-16/h2-4,6-8,10,12-15,26H,11H2,1H3,(H,27,28). The zero-order chi connectivity index (χ0) is 20.2. The van der Waals surface area contributed by atoms with Crippen LogP contribution in [0.15, 0.2) is 66.9 Å². The van der Waals surface area contributed by atoms with Crippen LogP contribution in [0.2, 0.25) is 0 Å². The van der Waals surface area contributed by atoms with Crippen LogP contribution in [0.5, 0.6) is 5.75 Å². The third-order valence-corrected chi connectivity index (χ3v) is 4.60. The second-order valence-electron chi connectivity index (χ2n) is 6.49. The number of carboxylic acid groups (broad SMARTS) is 1. The van der Waals surface area contributed by atoms with E-state index in [0.29, 0.717) is 17.9 Å². The van der Waals surface area contributed by atoms with Gasteiger partial charge in [-0.2, -0.15) is 0 Å². The van der Waals surface area contributed by atoms with E-state index in [-0.39, 0.29) is 5.69 Å². The van der Waals surface area contributed by atoms with E-state index < -0.39 is 5.97 Å². The number of hydrogen-bond acceptors (Lipinski definition) is 3. The molecule has 0 radical (unpaired) electrons. The molecule has 0 bridgehead atoms. The van der Waals surface area contributed by atoms with Crippen molar-refractivity contribution < 1.29 is 14.6 Å². The molecule has 5 nitrogen and oxygen atoms in total. The summed E-state index contributed by atoms with van der Waals surface area (Å²) < 4.78 is 5.30. The van der Waals surface area contributed by atoms with Crippen molar-refractivity contribution in [2.45, 2.75) is 6.42 Å². The number of fused-ring (bicyclic) bond motifs is 1. The summed E-state index contributed by atoms with van der Waals surface area (Å²) in [5, 5.41) is 10.2. The van der Waals surface area contributed by atoms with Crippen LogP contribution in [0.4, 0.5) is 0 Å². The highest BCUT2D eigenvalue weighted by atomic mass is 16.5. The van der Waals surface area contributed by atoms with Gasteiger partial charge in [0.05, 0.1) is 18.3 Å². The second-order valence-corrected chi connectivity index (χ2v) is 6.49. The molecule has 0 saturated carbocycles. The van der Waals surface area contributed by atoms with Crippen LogP contribution in [0.25, 0.3) is 22.2 Å². The molecule has 0 aliphatic heterocycles. The van der Waals surface area contributed by atoms with Crippen LogP contribution in [-0.4, -0.2) is 28.2 Å². The second kappa shape index (κ2) is 7.91. The monoisotopic (exact) mass is 382 g/mol. The fourth-order valence-electron chi connectivity index (χ4n) is 3.18. The van der Waals surface area contributed by atoms with Gasteiger partial charge in [-0.1, -0.05) is 42.2 Å². The van der Waals surface area contributed by atoms with Gasteiger partial charge in [-0.25, -0.2) is 4.79 Å². The molecule has 5 heteroatoms. The average molecular weight is 382 g/mol. The Hall–Kier alpha value is -4.04. The number of aromatic carboxylic acids is 1. The molecule has 4 rings (SSSR count). The first-order chi connectivity index (χ1) is 14.2. The number of rotatable bonds is 4. The molecule has 4 aromatic rings. The lowest BCUT2D eigenvalue weighted by molar-refractivity contribution is 0.0691. The van der Waals surface area contributed by atoms with E-state index in [9.17, 15) is 9.90 Å². The minimum atomic E-state index is -1.01. The van der Waals surface area contributed by atoms with Gasteiger partial charge in [0.25, 0.3) is 0 Å². The van der Waals surface area contributed by atoms with E-state index in [4.69, 9.17) is 4.74 Å². The Morgan fingerprint density at radius 2 is 1.97 bits per heavy atom. The Balaban J connectivity index is 1.79. The van der Waals surface area contributed by atoms with Crippen molar-refractivity contribution in [3.8, 4) is 28.8 Å². The van der Waals surface area contributed by atoms with Crippen molar-refractivity contribution in [1.82, 2.24) is 9.97 Å². The molecule has 2 aromatic carbocycles. The van der Waals surface area contributed by atoms with Crippen LogP contribution in [0.3, 0.4) is 0 Å². The molecule has 0 aliphatic rings. The van der Waals surface area contributed by atoms with Gasteiger partial charge in [-0.15, -0.1) is 0 Å². The largest absolute Gasteiger partial charge is 0.497 e. The first-order valence-corrected chi connectivity index (χ1v) is 9.08. The van der Waals surface area contributed by atoms with Crippen LogP contribution in [0.1, 0.15) is 21.6 Å². The third-order valence-electron chi connectivity index (χ3n) is 4.60. The molecule has 2 N–H and O–H groups in total. The Labute approximate surface area is 168 Å². The normalized spacial score (nSPS) is 10.4. The maximum absolute atomic E-state index is 11.5. The highest BCUT2D eigenvalue weighted by molar-refractivity contribution is 6.00. The topological polar surface area (TPSA) is 75.2 Å². The number of nitrogens with zero attached hydrogens (tertiary/aromatic N) is 1. The quantitative estimate of drug-likeness (QED) is 0.509. The van der Waals surface area contributed by atoms with Crippen molar-refractivity contribution in [3.05, 3.63) is 83.7 Å². The van der Waals surface area contributed by atoms with Crippen LogP contribution in [-0.2, 0) is 6.42 Å². The minimum absolute atomic E-state index is 0.120. The van der Waals surface area contributed by atoms with E-state index >= 15 is 0 Å². The lowest BCUT2D eigenvalue weighted by Crippen LogP contribution is -1.95. The fourth-order valence-corrected chi connectivity index (χ4v) is 3.18. The van der Waals surface area contributed by atoms with Gasteiger partial charge >= 0.3 is 5.97 Å². The molecule has 0 amide bonds. The lowest BCUT2D eigenvalue weighted by atomic mass is 10.0. The highest BCUT2D eigenvalue weighted by Crippen LogP contribution is 2.31. The van der Waals surface area contributed by atoms with Gasteiger partial charge < -0.3 is 14.8 Å². The van der Waals surface area contributed by atoms with Gasteiger partial charge in [-0.3, -0.25) is 4.98 Å². The summed E-state index contributed by atoms with van der Waals surface area (Å²) in [6.07, 6.45) is 2.20. The number of methoxy groups -OCH3 is 1. The minimum Gasteiger partial charge on any atom is -0.497 e. The van der Waals surface area contributed by atoms with Gasteiger partial charge in [0, 0.05) is 34.7 Å². The van der Waals surface area contributed by atoms with Crippen molar-refractivity contribution >= 4 is 16.9 Å². The molecule has 29 heavy (non-hydrogen) atoms. The van der Waals surface area contributed by atoms with Gasteiger partial charge in [-0.05, 0) is 30.3 Å². The highest BCUT2D eigenvalue weighted by Gasteiger charge is 2.15. The number of ether oxygens (including phenoxy) is 1. The Morgan fingerprint density at radius 3 is 2.72 bits per heavy atom. The molecule has 0 unspecified atom stereocenters. The molecule has 2 aromatic heterocycles. The summed E-state index contributed by atoms with van der Waals surface area (Å²) in [5.74, 6) is 5.97. The van der Waals surface area contributed by atoms with Gasteiger partial charge in [0.15, 0.2) is 0 Å². The zero-order valence-electron chi connectivity index (χ0n) is 15.8. The molecule has 2 heterocycles. The van der Waals surface area contributed by atoms with Gasteiger partial charge in [0.2, 0.25) is 0 Å². The smallest absolute Gasteiger partial charge is 0.352 e. The van der Waals surface area contributed by atoms with E-state index in [1.54, 1.807) is 19.4 Å². The number of hydrogen-bond donors (Lipinski definition) is 2. The summed E-state index contributed by atoms with van der Waals surface area (Å²) in [7, 11) is 1.61. The Bertz CT molecular complexity index is 1250. The first-order valence-electron chi connectivity index (χ1n) is 9.08. The predicted molar refractivity (Wildman–Crippen MR) is 112 cm³/mol. The molecule has 0 saturated heterocycles. The average Bonchev–Trinajstić information content (AvgIpc) is 3.21. The van der Waals surface area contributed by atoms with E-state index in [0.717, 1.165) is 27.6 Å². The van der Waals surface area contributed by atoms with Crippen LogP contribution < -0.4 is 4.74 Å². The Morgan fingerprint density at radius 1 is 1.14 bits per heavy atom. The van der Waals surface area contributed by atoms with Crippen molar-refractivity contribution in [2.24, 2.45) is 0 Å². The summed E-state index contributed by atoms with van der Waals surface area (Å²) in [6.45, 7) is 0. The van der Waals surface area contributed by atoms with Crippen LogP contribution >= 0.6 is 0 Å². The summed E-state index contributed by atoms with van der Waals surface area (Å²) in [4.78, 5) is 19.2. The molecule has 0 fully saturated rings. The molecule has 0 aliphatic carbocycles. The van der Waals surface area contributed by atoms with E-state index in [1.807, 2.05) is 54.6 Å². The maximum atomic E-state index is 11.5. The van der Waals surface area contributed by atoms with E-state index in [1.165, 1.54) is 0 Å². The number of benzene rings is 2. The molecule has 0 atom stereocenters. The summed E-state index contributed by atoms with van der Waals surface area (Å²) >= 11 is 0. The zero-order valence-corrected chi connectivity index (χ0v) is 15.8.